The molecule has 12 heteroatoms. The van der Waals surface area contributed by atoms with E-state index in [2.05, 4.69) is 20.0 Å². The molecule has 1 aliphatic heterocycles. The van der Waals surface area contributed by atoms with Crippen molar-refractivity contribution in [3.05, 3.63) is 72.0 Å². The number of hydrogen-bond acceptors (Lipinski definition) is 6. The van der Waals surface area contributed by atoms with Gasteiger partial charge in [0.1, 0.15) is 6.54 Å². The lowest BCUT2D eigenvalue weighted by atomic mass is 10.3. The third kappa shape index (κ3) is 5.38. The van der Waals surface area contributed by atoms with E-state index in [1.807, 2.05) is 0 Å². The summed E-state index contributed by atoms with van der Waals surface area (Å²) in [6.45, 7) is 0.698. The molecular weight excluding hydrogens is 468 g/mol. The summed E-state index contributed by atoms with van der Waals surface area (Å²) in [5.41, 5.74) is 1.06. The predicted molar refractivity (Wildman–Crippen MR) is 124 cm³/mol. The molecule has 2 heterocycles. The molecule has 33 heavy (non-hydrogen) atoms. The fraction of sp³-hybridized carbons (Fsp3) is 0.143. The first-order valence-electron chi connectivity index (χ1n) is 9.83. The number of anilines is 3. The topological polar surface area (TPSA) is 125 Å². The summed E-state index contributed by atoms with van der Waals surface area (Å²) in [6, 6.07) is 13.9. The minimum Gasteiger partial charge on any atom is -0.325 e. The SMILES string of the molecule is O=C(CN1CCN(c2cccc(Cl)c2)C1=O)Nc1ccc(S(=O)(=O)Nc2ncccn2)cc1. The van der Waals surface area contributed by atoms with Crippen LogP contribution in [0.4, 0.5) is 22.1 Å². The number of halogens is 1. The molecule has 3 amide bonds. The largest absolute Gasteiger partial charge is 0.325 e. The quantitative estimate of drug-likeness (QED) is 0.529. The van der Waals surface area contributed by atoms with Crippen LogP contribution in [0.1, 0.15) is 0 Å². The first-order chi connectivity index (χ1) is 15.8. The van der Waals surface area contributed by atoms with Gasteiger partial charge in [0.25, 0.3) is 10.0 Å². The van der Waals surface area contributed by atoms with E-state index in [1.54, 1.807) is 35.2 Å². The van der Waals surface area contributed by atoms with Crippen LogP contribution >= 0.6 is 11.6 Å². The zero-order chi connectivity index (χ0) is 23.4. The van der Waals surface area contributed by atoms with Crippen LogP contribution in [0, 0.1) is 0 Å². The second-order valence-corrected chi connectivity index (χ2v) is 9.20. The Kier molecular flexibility index (Phi) is 6.43. The van der Waals surface area contributed by atoms with E-state index in [0.29, 0.717) is 29.5 Å². The van der Waals surface area contributed by atoms with Crippen LogP contribution < -0.4 is 14.9 Å². The Morgan fingerprint density at radius 2 is 1.76 bits per heavy atom. The molecule has 2 N–H and O–H groups in total. The van der Waals surface area contributed by atoms with Crippen LogP contribution in [0.5, 0.6) is 0 Å². The van der Waals surface area contributed by atoms with Crippen molar-refractivity contribution in [2.45, 2.75) is 4.90 Å². The molecule has 2 aromatic carbocycles. The maximum Gasteiger partial charge on any atom is 0.325 e. The van der Waals surface area contributed by atoms with Crippen molar-refractivity contribution in [2.24, 2.45) is 0 Å². The summed E-state index contributed by atoms with van der Waals surface area (Å²) in [7, 11) is -3.88. The summed E-state index contributed by atoms with van der Waals surface area (Å²) in [4.78, 5) is 35.7. The van der Waals surface area contributed by atoms with Crippen molar-refractivity contribution in [2.75, 3.05) is 34.6 Å². The molecule has 3 aromatic rings. The predicted octanol–water partition coefficient (Wildman–Crippen LogP) is 2.81. The number of nitrogens with one attached hydrogen (secondary N) is 2. The summed E-state index contributed by atoms with van der Waals surface area (Å²) in [5.74, 6) is -0.445. The van der Waals surface area contributed by atoms with Gasteiger partial charge in [0, 0.05) is 41.9 Å². The van der Waals surface area contributed by atoms with Crippen LogP contribution in [0.3, 0.4) is 0 Å². The number of nitrogens with zero attached hydrogens (tertiary/aromatic N) is 4. The number of benzene rings is 2. The number of sulfonamides is 1. The monoisotopic (exact) mass is 486 g/mol. The number of aromatic nitrogens is 2. The first kappa shape index (κ1) is 22.5. The Labute approximate surface area is 195 Å². The number of rotatable bonds is 7. The highest BCUT2D eigenvalue weighted by Crippen LogP contribution is 2.23. The van der Waals surface area contributed by atoms with Crippen molar-refractivity contribution in [1.82, 2.24) is 14.9 Å². The molecule has 10 nitrogen and oxygen atoms in total. The van der Waals surface area contributed by atoms with Crippen molar-refractivity contribution in [3.8, 4) is 0 Å². The van der Waals surface area contributed by atoms with E-state index in [4.69, 9.17) is 11.6 Å². The highest BCUT2D eigenvalue weighted by molar-refractivity contribution is 7.92. The maximum atomic E-state index is 12.7. The lowest BCUT2D eigenvalue weighted by molar-refractivity contribution is -0.116. The second kappa shape index (κ2) is 9.43. The average molecular weight is 487 g/mol. The van der Waals surface area contributed by atoms with Gasteiger partial charge in [0.2, 0.25) is 11.9 Å². The Morgan fingerprint density at radius 3 is 2.45 bits per heavy atom. The Morgan fingerprint density at radius 1 is 1.03 bits per heavy atom. The summed E-state index contributed by atoms with van der Waals surface area (Å²) in [6.07, 6.45) is 2.84. The number of carbonyl (C=O) groups is 2. The van der Waals surface area contributed by atoms with Gasteiger partial charge in [0.15, 0.2) is 0 Å². The third-order valence-electron chi connectivity index (χ3n) is 4.79. The molecule has 4 rings (SSSR count). The van der Waals surface area contributed by atoms with Gasteiger partial charge in [-0.05, 0) is 48.5 Å². The van der Waals surface area contributed by atoms with E-state index >= 15 is 0 Å². The van der Waals surface area contributed by atoms with Crippen LogP contribution in [0.25, 0.3) is 0 Å². The maximum absolute atomic E-state index is 12.7. The van der Waals surface area contributed by atoms with E-state index in [9.17, 15) is 18.0 Å². The minimum absolute atomic E-state index is 0.0140. The fourth-order valence-corrected chi connectivity index (χ4v) is 4.38. The standard InChI is InChI=1S/C21H19ClN6O4S/c22-15-3-1-4-17(13-15)28-12-11-27(21(28)30)14-19(29)25-16-5-7-18(8-6-16)33(31,32)26-20-23-9-2-10-24-20/h1-10,13H,11-12,14H2,(H,25,29)(H,23,24,26). The Hall–Kier alpha value is -3.70. The molecule has 170 valence electrons. The van der Waals surface area contributed by atoms with Crippen molar-refractivity contribution < 1.29 is 18.0 Å². The van der Waals surface area contributed by atoms with E-state index in [-0.39, 0.29) is 23.4 Å². The lowest BCUT2D eigenvalue weighted by Gasteiger charge is -2.18. The molecule has 0 bridgehead atoms. The van der Waals surface area contributed by atoms with Crippen molar-refractivity contribution in [1.29, 1.82) is 0 Å². The number of carbonyl (C=O) groups excluding carboxylic acids is 2. The molecule has 1 aliphatic rings. The summed E-state index contributed by atoms with van der Waals surface area (Å²) >= 11 is 6.00. The fourth-order valence-electron chi connectivity index (χ4n) is 3.24. The van der Waals surface area contributed by atoms with E-state index in [0.717, 1.165) is 0 Å². The van der Waals surface area contributed by atoms with Crippen LogP contribution in [-0.2, 0) is 14.8 Å². The van der Waals surface area contributed by atoms with Crippen LogP contribution in [0.2, 0.25) is 5.02 Å². The van der Waals surface area contributed by atoms with Crippen LogP contribution in [0.15, 0.2) is 71.9 Å². The third-order valence-corrected chi connectivity index (χ3v) is 6.37. The van der Waals surface area contributed by atoms with E-state index < -0.39 is 15.9 Å². The van der Waals surface area contributed by atoms with Gasteiger partial charge in [-0.15, -0.1) is 0 Å². The summed E-state index contributed by atoms with van der Waals surface area (Å²) < 4.78 is 27.1. The van der Waals surface area contributed by atoms with Crippen molar-refractivity contribution >= 4 is 50.9 Å². The molecular formula is C21H19ClN6O4S. The molecule has 0 unspecified atom stereocenters. The molecule has 1 saturated heterocycles. The first-order valence-corrected chi connectivity index (χ1v) is 11.7. The van der Waals surface area contributed by atoms with Gasteiger partial charge in [-0.2, -0.15) is 0 Å². The molecule has 1 fully saturated rings. The lowest BCUT2D eigenvalue weighted by Crippen LogP contribution is -2.37. The average Bonchev–Trinajstić information content (AvgIpc) is 3.14. The normalized spacial score (nSPS) is 13.8. The van der Waals surface area contributed by atoms with Gasteiger partial charge in [-0.25, -0.2) is 27.9 Å². The van der Waals surface area contributed by atoms with Crippen LogP contribution in [-0.4, -0.2) is 54.9 Å². The van der Waals surface area contributed by atoms with Gasteiger partial charge in [0.05, 0.1) is 4.90 Å². The zero-order valence-corrected chi connectivity index (χ0v) is 18.8. The Bertz CT molecular complexity index is 1270. The summed E-state index contributed by atoms with van der Waals surface area (Å²) in [5, 5.41) is 3.19. The van der Waals surface area contributed by atoms with E-state index in [1.165, 1.54) is 41.6 Å². The minimum atomic E-state index is -3.88. The molecule has 1 aromatic heterocycles. The number of amides is 3. The second-order valence-electron chi connectivity index (χ2n) is 7.09. The molecule has 0 atom stereocenters. The number of hydrogen-bond donors (Lipinski definition) is 2. The molecule has 0 spiro atoms. The molecule has 0 aliphatic carbocycles. The molecule has 0 saturated carbocycles. The smallest absolute Gasteiger partial charge is 0.325 e. The van der Waals surface area contributed by atoms with Crippen molar-refractivity contribution in [3.63, 3.8) is 0 Å². The number of urea groups is 1. The van der Waals surface area contributed by atoms with Gasteiger partial charge in [-0.1, -0.05) is 17.7 Å². The van der Waals surface area contributed by atoms with Gasteiger partial charge < -0.3 is 10.2 Å². The van der Waals surface area contributed by atoms with Gasteiger partial charge >= 0.3 is 6.03 Å². The Balaban J connectivity index is 1.35. The highest BCUT2D eigenvalue weighted by Gasteiger charge is 2.31. The zero-order valence-electron chi connectivity index (χ0n) is 17.2. The molecule has 0 radical (unpaired) electrons. The highest BCUT2D eigenvalue weighted by atomic mass is 35.5. The van der Waals surface area contributed by atoms with Gasteiger partial charge in [-0.3, -0.25) is 9.69 Å².